The Kier molecular flexibility index (Phi) is 56.2. The summed E-state index contributed by atoms with van der Waals surface area (Å²) in [6.45, 7) is 4.34. The summed E-state index contributed by atoms with van der Waals surface area (Å²) in [7, 11) is 0. The minimum Gasteiger partial charge on any atom is -0.394 e. The maximum atomic E-state index is 12.5. The molecule has 386 valence electrons. The molecule has 4 nitrogen and oxygen atoms in total. The van der Waals surface area contributed by atoms with Gasteiger partial charge in [0.15, 0.2) is 0 Å². The minimum atomic E-state index is -0.860. The normalized spacial score (nSPS) is 12.9. The van der Waals surface area contributed by atoms with E-state index in [-0.39, 0.29) is 12.5 Å². The van der Waals surface area contributed by atoms with Gasteiger partial charge < -0.3 is 15.5 Å². The molecule has 4 heteroatoms. The molecule has 65 heavy (non-hydrogen) atoms. The Labute approximate surface area is 409 Å². The van der Waals surface area contributed by atoms with Crippen molar-refractivity contribution >= 4 is 5.91 Å². The number of nitrogens with one attached hydrogen (secondary N) is 1. The molecular formula is C61H119NO3. The van der Waals surface area contributed by atoms with Crippen LogP contribution in [0.4, 0.5) is 0 Å². The van der Waals surface area contributed by atoms with Crippen LogP contribution >= 0.6 is 0 Å². The number of aliphatic hydroxyl groups excluding tert-OH is 2. The fourth-order valence-electron chi connectivity index (χ4n) is 9.61. The molecule has 0 aromatic carbocycles. The van der Waals surface area contributed by atoms with E-state index in [1.807, 2.05) is 6.08 Å². The number of hydrogen-bond donors (Lipinski definition) is 3. The van der Waals surface area contributed by atoms with E-state index in [0.29, 0.717) is 6.42 Å². The third-order valence-electron chi connectivity index (χ3n) is 14.2. The van der Waals surface area contributed by atoms with Gasteiger partial charge in [0, 0.05) is 6.42 Å². The van der Waals surface area contributed by atoms with E-state index >= 15 is 0 Å². The van der Waals surface area contributed by atoms with Crippen molar-refractivity contribution in [1.82, 2.24) is 5.32 Å². The summed E-state index contributed by atoms with van der Waals surface area (Å²) < 4.78 is 0. The van der Waals surface area contributed by atoms with Crippen LogP contribution in [0, 0.1) is 0 Å². The fraction of sp³-hybridized carbons (Fsp3) is 0.918. The van der Waals surface area contributed by atoms with Crippen molar-refractivity contribution in [3.05, 3.63) is 24.3 Å². The predicted molar refractivity (Wildman–Crippen MR) is 290 cm³/mol. The first-order chi connectivity index (χ1) is 32.2. The van der Waals surface area contributed by atoms with Gasteiger partial charge in [0.05, 0.1) is 18.8 Å². The maximum absolute atomic E-state index is 12.5. The van der Waals surface area contributed by atoms with Crippen LogP contribution in [-0.2, 0) is 4.79 Å². The van der Waals surface area contributed by atoms with Crippen LogP contribution in [-0.4, -0.2) is 34.9 Å². The monoisotopic (exact) mass is 914 g/mol. The van der Waals surface area contributed by atoms with Crippen molar-refractivity contribution in [3.63, 3.8) is 0 Å². The molecule has 1 amide bonds. The molecule has 0 aromatic heterocycles. The lowest BCUT2D eigenvalue weighted by Crippen LogP contribution is -2.45. The number of amides is 1. The summed E-state index contributed by atoms with van der Waals surface area (Å²) >= 11 is 0. The maximum Gasteiger partial charge on any atom is 0.220 e. The number of carbonyl (C=O) groups is 1. The SMILES string of the molecule is CCCCCCCCCCCCCCCCCCCCCCCCCCCC/C=C/CC/C=C/C(O)C(CO)NC(=O)CCCCCCCCCCCCCCCCCCCCCCC. The largest absolute Gasteiger partial charge is 0.394 e. The number of rotatable bonds is 56. The standard InChI is InChI=1S/C61H119NO3/c1-3-5-7-9-11-13-15-17-19-21-23-25-26-27-28-29-30-31-32-33-34-35-37-38-40-42-44-46-48-50-52-54-56-60(64)59(58-63)62-61(65)57-55-53-51-49-47-45-43-41-39-36-24-22-20-18-16-14-12-10-8-6-4-2/h46,48,54,56,59-60,63-64H,3-45,47,49-53,55,57-58H2,1-2H3,(H,62,65)/b48-46+,56-54+. The van der Waals surface area contributed by atoms with Crippen LogP contribution < -0.4 is 5.32 Å². The van der Waals surface area contributed by atoms with Gasteiger partial charge in [-0.2, -0.15) is 0 Å². The van der Waals surface area contributed by atoms with Crippen LogP contribution in [0.2, 0.25) is 0 Å². The lowest BCUT2D eigenvalue weighted by Gasteiger charge is -2.19. The van der Waals surface area contributed by atoms with Crippen LogP contribution in [0.3, 0.4) is 0 Å². The first kappa shape index (κ1) is 63.9. The van der Waals surface area contributed by atoms with Gasteiger partial charge >= 0.3 is 0 Å². The van der Waals surface area contributed by atoms with E-state index in [4.69, 9.17) is 0 Å². The van der Waals surface area contributed by atoms with Crippen LogP contribution in [0.1, 0.15) is 341 Å². The highest BCUT2D eigenvalue weighted by Crippen LogP contribution is 2.18. The van der Waals surface area contributed by atoms with Gasteiger partial charge in [0.2, 0.25) is 5.91 Å². The molecule has 0 radical (unpaired) electrons. The summed E-state index contributed by atoms with van der Waals surface area (Å²) in [6, 6.07) is -0.636. The van der Waals surface area contributed by atoms with Crippen molar-refractivity contribution in [2.24, 2.45) is 0 Å². The molecule has 2 unspecified atom stereocenters. The molecule has 2 atom stereocenters. The summed E-state index contributed by atoms with van der Waals surface area (Å²) in [5.41, 5.74) is 0. The van der Waals surface area contributed by atoms with Gasteiger partial charge in [-0.3, -0.25) is 4.79 Å². The predicted octanol–water partition coefficient (Wildman–Crippen LogP) is 19.9. The third kappa shape index (κ3) is 53.7. The number of aliphatic hydroxyl groups is 2. The van der Waals surface area contributed by atoms with E-state index in [0.717, 1.165) is 32.1 Å². The number of hydrogen-bond acceptors (Lipinski definition) is 3. The number of unbranched alkanes of at least 4 members (excludes halogenated alkanes) is 47. The molecule has 0 spiro atoms. The van der Waals surface area contributed by atoms with Gasteiger partial charge in [-0.25, -0.2) is 0 Å². The summed E-state index contributed by atoms with van der Waals surface area (Å²) in [6.07, 6.45) is 76.5. The molecule has 0 fully saturated rings. The summed E-state index contributed by atoms with van der Waals surface area (Å²) in [5, 5.41) is 23.2. The van der Waals surface area contributed by atoms with Gasteiger partial charge in [-0.15, -0.1) is 0 Å². The zero-order valence-corrected chi connectivity index (χ0v) is 44.5. The van der Waals surface area contributed by atoms with Crippen LogP contribution in [0.5, 0.6) is 0 Å². The molecule has 0 heterocycles. The van der Waals surface area contributed by atoms with Gasteiger partial charge in [0.1, 0.15) is 0 Å². The molecule has 0 aliphatic rings. The van der Waals surface area contributed by atoms with Gasteiger partial charge in [-0.05, 0) is 32.1 Å². The lowest BCUT2D eigenvalue weighted by atomic mass is 10.0. The summed E-state index contributed by atoms with van der Waals surface area (Å²) in [5.74, 6) is -0.0664. The van der Waals surface area contributed by atoms with Crippen molar-refractivity contribution in [1.29, 1.82) is 0 Å². The van der Waals surface area contributed by atoms with Crippen molar-refractivity contribution < 1.29 is 15.0 Å². The zero-order valence-electron chi connectivity index (χ0n) is 44.5. The molecule has 3 N–H and O–H groups in total. The van der Waals surface area contributed by atoms with Crippen LogP contribution in [0.25, 0.3) is 0 Å². The first-order valence-corrected chi connectivity index (χ1v) is 30.1. The van der Waals surface area contributed by atoms with E-state index in [2.05, 4.69) is 31.3 Å². The number of allylic oxidation sites excluding steroid dienone is 3. The zero-order chi connectivity index (χ0) is 47.0. The van der Waals surface area contributed by atoms with E-state index in [9.17, 15) is 15.0 Å². The van der Waals surface area contributed by atoms with E-state index in [1.54, 1.807) is 6.08 Å². The highest BCUT2D eigenvalue weighted by Gasteiger charge is 2.18. The van der Waals surface area contributed by atoms with Gasteiger partial charge in [0.25, 0.3) is 0 Å². The molecular weight excluding hydrogens is 795 g/mol. The quantitative estimate of drug-likeness (QED) is 0.0421. The fourth-order valence-corrected chi connectivity index (χ4v) is 9.61. The Morgan fingerprint density at radius 1 is 0.354 bits per heavy atom. The van der Waals surface area contributed by atoms with E-state index in [1.165, 1.54) is 289 Å². The van der Waals surface area contributed by atoms with Crippen molar-refractivity contribution in [2.45, 2.75) is 353 Å². The minimum absolute atomic E-state index is 0.0664. The number of carbonyl (C=O) groups excluding carboxylic acids is 1. The molecule has 0 bridgehead atoms. The third-order valence-corrected chi connectivity index (χ3v) is 14.2. The average molecular weight is 915 g/mol. The highest BCUT2D eigenvalue weighted by molar-refractivity contribution is 5.76. The smallest absolute Gasteiger partial charge is 0.220 e. The Bertz CT molecular complexity index is 947. The first-order valence-electron chi connectivity index (χ1n) is 30.1. The Balaban J connectivity index is 3.46. The Morgan fingerprint density at radius 2 is 0.600 bits per heavy atom. The van der Waals surface area contributed by atoms with Crippen molar-refractivity contribution in [3.8, 4) is 0 Å². The molecule has 0 aliphatic carbocycles. The molecule has 0 saturated carbocycles. The second kappa shape index (κ2) is 57.2. The topological polar surface area (TPSA) is 69.6 Å². The summed E-state index contributed by atoms with van der Waals surface area (Å²) in [4.78, 5) is 12.5. The van der Waals surface area contributed by atoms with E-state index < -0.39 is 12.1 Å². The van der Waals surface area contributed by atoms with Gasteiger partial charge in [-0.1, -0.05) is 327 Å². The average Bonchev–Trinajstić information content (AvgIpc) is 3.31. The Hall–Kier alpha value is -1.13. The lowest BCUT2D eigenvalue weighted by molar-refractivity contribution is -0.123. The second-order valence-electron chi connectivity index (χ2n) is 20.8. The second-order valence-corrected chi connectivity index (χ2v) is 20.8. The molecule has 0 aromatic rings. The highest BCUT2D eigenvalue weighted by atomic mass is 16.3. The van der Waals surface area contributed by atoms with Crippen molar-refractivity contribution in [2.75, 3.05) is 6.61 Å². The van der Waals surface area contributed by atoms with Crippen LogP contribution in [0.15, 0.2) is 24.3 Å². The molecule has 0 saturated heterocycles. The molecule has 0 aliphatic heterocycles. The Morgan fingerprint density at radius 3 is 0.892 bits per heavy atom. The molecule has 0 rings (SSSR count).